The largest absolute Gasteiger partial charge is 0.492 e. The Morgan fingerprint density at radius 1 is 1.14 bits per heavy atom. The predicted octanol–water partition coefficient (Wildman–Crippen LogP) is 2.87. The van der Waals surface area contributed by atoms with Crippen LogP contribution < -0.4 is 9.47 Å². The second-order valence-electron chi connectivity index (χ2n) is 6.01. The molecule has 1 aromatic rings. The van der Waals surface area contributed by atoms with Crippen molar-refractivity contribution in [1.29, 1.82) is 0 Å². The van der Waals surface area contributed by atoms with Gasteiger partial charge in [0.2, 0.25) is 0 Å². The van der Waals surface area contributed by atoms with Gasteiger partial charge in [-0.25, -0.2) is 0 Å². The zero-order chi connectivity index (χ0) is 15.2. The Bertz CT molecular complexity index is 442. The maximum Gasteiger partial charge on any atom is 0.199 e. The number of hydrogen-bond donors (Lipinski definition) is 0. The molecule has 2 aliphatic heterocycles. The minimum atomic E-state index is -0.205. The molecule has 2 heterocycles. The fourth-order valence-electron chi connectivity index (χ4n) is 2.82. The van der Waals surface area contributed by atoms with E-state index in [0.29, 0.717) is 6.61 Å². The number of nitrogens with zero attached hydrogens (tertiary/aromatic N) is 1. The van der Waals surface area contributed by atoms with Gasteiger partial charge in [-0.2, -0.15) is 0 Å². The van der Waals surface area contributed by atoms with Crippen LogP contribution in [0.4, 0.5) is 4.39 Å². The van der Waals surface area contributed by atoms with Crippen LogP contribution in [0.15, 0.2) is 24.3 Å². The second-order valence-corrected chi connectivity index (χ2v) is 6.01. The Labute approximate surface area is 131 Å². The Morgan fingerprint density at radius 2 is 1.91 bits per heavy atom. The summed E-state index contributed by atoms with van der Waals surface area (Å²) < 4.78 is 29.4. The number of alkyl halides is 1. The third-order valence-corrected chi connectivity index (χ3v) is 4.16. The summed E-state index contributed by atoms with van der Waals surface area (Å²) in [5.74, 6) is 1.88. The molecule has 1 unspecified atom stereocenters. The molecule has 0 aliphatic carbocycles. The zero-order valence-corrected chi connectivity index (χ0v) is 12.9. The first kappa shape index (κ1) is 15.6. The highest BCUT2D eigenvalue weighted by Crippen LogP contribution is 2.22. The summed E-state index contributed by atoms with van der Waals surface area (Å²) in [6.07, 6.45) is 3.12. The number of benzene rings is 1. The molecule has 0 saturated carbocycles. The van der Waals surface area contributed by atoms with E-state index in [2.05, 4.69) is 4.90 Å². The van der Waals surface area contributed by atoms with Crippen LogP contribution in [0.3, 0.4) is 0 Å². The number of hydrogen-bond acceptors (Lipinski definition) is 4. The van der Waals surface area contributed by atoms with Crippen LogP contribution in [-0.4, -0.2) is 50.7 Å². The molecule has 0 radical (unpaired) electrons. The molecule has 1 atom stereocenters. The van der Waals surface area contributed by atoms with Crippen LogP contribution in [0, 0.1) is 5.92 Å². The molecule has 0 bridgehead atoms. The summed E-state index contributed by atoms with van der Waals surface area (Å²) in [5, 5.41) is 0. The maximum atomic E-state index is 12.3. The highest BCUT2D eigenvalue weighted by molar-refractivity contribution is 5.31. The lowest BCUT2D eigenvalue weighted by atomic mass is 10.0. The monoisotopic (exact) mass is 309 g/mol. The Hall–Kier alpha value is -1.33. The van der Waals surface area contributed by atoms with Crippen LogP contribution >= 0.6 is 0 Å². The Morgan fingerprint density at radius 3 is 2.59 bits per heavy atom. The second kappa shape index (κ2) is 7.79. The molecule has 2 fully saturated rings. The van der Waals surface area contributed by atoms with Gasteiger partial charge in [-0.15, -0.1) is 0 Å². The van der Waals surface area contributed by atoms with Gasteiger partial charge in [-0.1, -0.05) is 0 Å². The highest BCUT2D eigenvalue weighted by atomic mass is 19.1. The molecule has 0 amide bonds. The average Bonchev–Trinajstić information content (AvgIpc) is 2.52. The predicted molar refractivity (Wildman–Crippen MR) is 82.1 cm³/mol. The normalized spacial score (nSPS) is 23.0. The summed E-state index contributed by atoms with van der Waals surface area (Å²) >= 11 is 0. The van der Waals surface area contributed by atoms with Gasteiger partial charge in [0.15, 0.2) is 6.29 Å². The van der Waals surface area contributed by atoms with E-state index in [-0.39, 0.29) is 18.9 Å². The molecule has 3 rings (SSSR count). The van der Waals surface area contributed by atoms with Crippen LogP contribution in [0.5, 0.6) is 11.5 Å². The van der Waals surface area contributed by atoms with Crippen LogP contribution in [0.25, 0.3) is 0 Å². The lowest BCUT2D eigenvalue weighted by Crippen LogP contribution is -2.49. The van der Waals surface area contributed by atoms with Gasteiger partial charge in [0, 0.05) is 32.0 Å². The fraction of sp³-hybridized carbons (Fsp3) is 0.647. The molecule has 22 heavy (non-hydrogen) atoms. The third-order valence-electron chi connectivity index (χ3n) is 4.16. The van der Waals surface area contributed by atoms with E-state index in [9.17, 15) is 4.39 Å². The topological polar surface area (TPSA) is 30.9 Å². The minimum absolute atomic E-state index is 0.115. The zero-order valence-electron chi connectivity index (χ0n) is 12.9. The lowest BCUT2D eigenvalue weighted by molar-refractivity contribution is -0.105. The van der Waals surface area contributed by atoms with E-state index in [1.54, 1.807) is 0 Å². The van der Waals surface area contributed by atoms with Gasteiger partial charge in [0.1, 0.15) is 18.1 Å². The van der Waals surface area contributed by atoms with Crippen molar-refractivity contribution in [3.63, 3.8) is 0 Å². The summed E-state index contributed by atoms with van der Waals surface area (Å²) in [6, 6.07) is 7.66. The van der Waals surface area contributed by atoms with Crippen molar-refractivity contribution in [3.05, 3.63) is 24.3 Å². The van der Waals surface area contributed by atoms with E-state index in [1.807, 2.05) is 24.3 Å². The molecular formula is C17H24FNO3. The van der Waals surface area contributed by atoms with Crippen molar-refractivity contribution in [1.82, 2.24) is 4.90 Å². The Balaban J connectivity index is 1.36. The van der Waals surface area contributed by atoms with E-state index in [1.165, 1.54) is 0 Å². The van der Waals surface area contributed by atoms with E-state index < -0.39 is 0 Å². The number of ether oxygens (including phenoxy) is 3. The molecule has 122 valence electrons. The number of halogens is 1. The summed E-state index contributed by atoms with van der Waals surface area (Å²) in [7, 11) is 0. The number of rotatable bonds is 7. The molecule has 0 N–H and O–H groups in total. The molecule has 0 aromatic heterocycles. The average molecular weight is 309 g/mol. The van der Waals surface area contributed by atoms with Gasteiger partial charge in [-0.05, 0) is 37.1 Å². The van der Waals surface area contributed by atoms with Crippen molar-refractivity contribution in [2.24, 2.45) is 5.92 Å². The van der Waals surface area contributed by atoms with Gasteiger partial charge in [0.05, 0.1) is 13.3 Å². The van der Waals surface area contributed by atoms with E-state index in [4.69, 9.17) is 14.2 Å². The standard InChI is InChI=1S/C17H24FNO3/c18-11-14-12-19(13-14)8-10-20-15-4-6-16(7-5-15)22-17-3-1-2-9-21-17/h4-7,14,17H,1-3,8-13H2. The fourth-order valence-corrected chi connectivity index (χ4v) is 2.82. The quantitative estimate of drug-likeness (QED) is 0.775. The first-order valence-corrected chi connectivity index (χ1v) is 8.13. The maximum absolute atomic E-state index is 12.3. The van der Waals surface area contributed by atoms with E-state index in [0.717, 1.165) is 57.0 Å². The van der Waals surface area contributed by atoms with Gasteiger partial charge in [-0.3, -0.25) is 9.29 Å². The molecule has 2 aliphatic rings. The van der Waals surface area contributed by atoms with Gasteiger partial charge in [0.25, 0.3) is 0 Å². The molecule has 2 saturated heterocycles. The van der Waals surface area contributed by atoms with Crippen LogP contribution in [-0.2, 0) is 4.74 Å². The summed E-state index contributed by atoms with van der Waals surface area (Å²) in [6.45, 7) is 3.77. The highest BCUT2D eigenvalue weighted by Gasteiger charge is 2.25. The minimum Gasteiger partial charge on any atom is -0.492 e. The lowest BCUT2D eigenvalue weighted by Gasteiger charge is -2.37. The first-order valence-electron chi connectivity index (χ1n) is 8.13. The smallest absolute Gasteiger partial charge is 0.199 e. The Kier molecular flexibility index (Phi) is 5.51. The van der Waals surface area contributed by atoms with Crippen LogP contribution in [0.2, 0.25) is 0 Å². The molecular weight excluding hydrogens is 285 g/mol. The number of likely N-dealkylation sites (tertiary alicyclic amines) is 1. The first-order chi connectivity index (χ1) is 10.8. The van der Waals surface area contributed by atoms with Gasteiger partial charge >= 0.3 is 0 Å². The van der Waals surface area contributed by atoms with Crippen LogP contribution in [0.1, 0.15) is 19.3 Å². The summed E-state index contributed by atoms with van der Waals surface area (Å²) in [5.41, 5.74) is 0. The molecule has 5 heteroatoms. The van der Waals surface area contributed by atoms with Gasteiger partial charge < -0.3 is 14.2 Å². The van der Waals surface area contributed by atoms with E-state index >= 15 is 0 Å². The van der Waals surface area contributed by atoms with Crippen molar-refractivity contribution in [3.8, 4) is 11.5 Å². The van der Waals surface area contributed by atoms with Crippen molar-refractivity contribution in [2.75, 3.05) is 39.5 Å². The molecule has 4 nitrogen and oxygen atoms in total. The molecule has 1 aromatic carbocycles. The van der Waals surface area contributed by atoms with Crippen molar-refractivity contribution < 1.29 is 18.6 Å². The molecule has 0 spiro atoms. The third kappa shape index (κ3) is 4.34. The van der Waals surface area contributed by atoms with Crippen molar-refractivity contribution >= 4 is 0 Å². The van der Waals surface area contributed by atoms with Crippen molar-refractivity contribution in [2.45, 2.75) is 25.6 Å². The summed E-state index contributed by atoms with van der Waals surface area (Å²) in [4.78, 5) is 2.21. The SMILES string of the molecule is FCC1CN(CCOc2ccc(OC3CCCCO3)cc2)C1.